The molecule has 0 bridgehead atoms. The van der Waals surface area contributed by atoms with E-state index in [-0.39, 0.29) is 5.60 Å². The average Bonchev–Trinajstić information content (AvgIpc) is 2.43. The van der Waals surface area contributed by atoms with E-state index < -0.39 is 0 Å². The van der Waals surface area contributed by atoms with E-state index in [9.17, 15) is 0 Å². The summed E-state index contributed by atoms with van der Waals surface area (Å²) in [7, 11) is 0.839. The summed E-state index contributed by atoms with van der Waals surface area (Å²) in [4.78, 5) is 0. The largest absolute Gasteiger partial charge is 0.421 e. The molecular formula is C14H27ClOSi. The molecule has 2 aliphatic carbocycles. The van der Waals surface area contributed by atoms with Crippen LogP contribution in [0.4, 0.5) is 0 Å². The first-order valence-corrected chi connectivity index (χ1v) is 8.79. The lowest BCUT2D eigenvalue weighted by Gasteiger charge is -2.47. The first-order chi connectivity index (χ1) is 8.33. The first-order valence-electron chi connectivity index (χ1n) is 7.44. The minimum Gasteiger partial charge on any atom is -0.421 e. The fourth-order valence-electron chi connectivity index (χ4n) is 4.12. The molecule has 0 saturated heterocycles. The predicted molar refractivity (Wildman–Crippen MR) is 77.6 cm³/mol. The fourth-order valence-corrected chi connectivity index (χ4v) is 5.66. The smallest absolute Gasteiger partial charge is 0.146 e. The normalized spacial score (nSPS) is 25.2. The van der Waals surface area contributed by atoms with Gasteiger partial charge in [0.2, 0.25) is 0 Å². The van der Waals surface area contributed by atoms with Crippen molar-refractivity contribution in [2.75, 3.05) is 5.88 Å². The van der Waals surface area contributed by atoms with Crippen molar-refractivity contribution in [3.05, 3.63) is 0 Å². The molecule has 0 spiro atoms. The molecule has 0 aromatic heterocycles. The fraction of sp³-hybridized carbons (Fsp3) is 1.00. The van der Waals surface area contributed by atoms with Gasteiger partial charge in [-0.15, -0.1) is 11.6 Å². The second kappa shape index (κ2) is 6.58. The van der Waals surface area contributed by atoms with E-state index in [1.54, 1.807) is 0 Å². The molecule has 2 rings (SSSR count). The monoisotopic (exact) mass is 274 g/mol. The summed E-state index contributed by atoms with van der Waals surface area (Å²) in [6.45, 7) is 0. The highest BCUT2D eigenvalue weighted by Gasteiger charge is 2.44. The van der Waals surface area contributed by atoms with Crippen LogP contribution in [-0.4, -0.2) is 22.0 Å². The van der Waals surface area contributed by atoms with Crippen LogP contribution < -0.4 is 0 Å². The molecule has 2 aliphatic rings. The summed E-state index contributed by atoms with van der Waals surface area (Å²) in [5, 5.41) is 0. The van der Waals surface area contributed by atoms with Crippen molar-refractivity contribution in [2.24, 2.45) is 11.8 Å². The molecule has 0 aliphatic heterocycles. The SMILES string of the molecule is [SiH3]OC(CCl)(C1CCCCC1)C1CCCCC1. The van der Waals surface area contributed by atoms with Crippen LogP contribution in [0.25, 0.3) is 0 Å². The van der Waals surface area contributed by atoms with E-state index in [2.05, 4.69) is 0 Å². The Morgan fingerprint density at radius 3 is 1.59 bits per heavy atom. The van der Waals surface area contributed by atoms with Gasteiger partial charge >= 0.3 is 0 Å². The molecule has 0 aromatic carbocycles. The highest BCUT2D eigenvalue weighted by molar-refractivity contribution is 6.18. The molecule has 2 fully saturated rings. The lowest BCUT2D eigenvalue weighted by atomic mass is 9.67. The molecule has 2 saturated carbocycles. The summed E-state index contributed by atoms with van der Waals surface area (Å²) in [5.74, 6) is 2.22. The van der Waals surface area contributed by atoms with Crippen LogP contribution >= 0.6 is 11.6 Å². The highest BCUT2D eigenvalue weighted by Crippen LogP contribution is 2.45. The zero-order valence-electron chi connectivity index (χ0n) is 11.2. The molecule has 3 heteroatoms. The number of rotatable bonds is 4. The third kappa shape index (κ3) is 2.90. The van der Waals surface area contributed by atoms with Crippen molar-refractivity contribution < 1.29 is 4.43 Å². The molecule has 0 amide bonds. The van der Waals surface area contributed by atoms with Gasteiger partial charge in [0.15, 0.2) is 0 Å². The highest BCUT2D eigenvalue weighted by atomic mass is 35.5. The van der Waals surface area contributed by atoms with Crippen molar-refractivity contribution in [1.29, 1.82) is 0 Å². The second-order valence-electron chi connectivity index (χ2n) is 5.96. The second-order valence-corrected chi connectivity index (χ2v) is 6.64. The zero-order valence-corrected chi connectivity index (χ0v) is 14.0. The molecule has 0 unspecified atom stereocenters. The zero-order chi connectivity index (χ0) is 12.1. The minimum atomic E-state index is 0.0502. The average molecular weight is 275 g/mol. The van der Waals surface area contributed by atoms with Gasteiger partial charge in [-0.25, -0.2) is 0 Å². The van der Waals surface area contributed by atoms with E-state index in [1.165, 1.54) is 64.2 Å². The Labute approximate surface area is 114 Å². The molecule has 0 radical (unpaired) electrons. The van der Waals surface area contributed by atoms with E-state index in [0.717, 1.165) is 28.2 Å². The number of alkyl halides is 1. The Balaban J connectivity index is 2.10. The van der Waals surface area contributed by atoms with Crippen molar-refractivity contribution in [3.63, 3.8) is 0 Å². The molecule has 17 heavy (non-hydrogen) atoms. The van der Waals surface area contributed by atoms with Crippen LogP contribution in [0.2, 0.25) is 0 Å². The van der Waals surface area contributed by atoms with E-state index >= 15 is 0 Å². The molecule has 100 valence electrons. The van der Waals surface area contributed by atoms with Crippen LogP contribution in [0.5, 0.6) is 0 Å². The van der Waals surface area contributed by atoms with Crippen LogP contribution in [0.15, 0.2) is 0 Å². The Morgan fingerprint density at radius 1 is 0.882 bits per heavy atom. The van der Waals surface area contributed by atoms with Crippen molar-refractivity contribution in [3.8, 4) is 0 Å². The summed E-state index contributed by atoms with van der Waals surface area (Å²) in [5.41, 5.74) is 0.0502. The van der Waals surface area contributed by atoms with Crippen LogP contribution in [0.1, 0.15) is 64.2 Å². The van der Waals surface area contributed by atoms with Gasteiger partial charge in [0.1, 0.15) is 10.5 Å². The molecule has 0 atom stereocenters. The van der Waals surface area contributed by atoms with Gasteiger partial charge in [0.05, 0.1) is 11.5 Å². The quantitative estimate of drug-likeness (QED) is 0.564. The van der Waals surface area contributed by atoms with Crippen LogP contribution in [0, 0.1) is 11.8 Å². The van der Waals surface area contributed by atoms with E-state index in [4.69, 9.17) is 16.0 Å². The lowest BCUT2D eigenvalue weighted by molar-refractivity contribution is -0.0465. The Bertz CT molecular complexity index is 198. The van der Waals surface area contributed by atoms with E-state index in [1.807, 2.05) is 0 Å². The molecule has 0 N–H and O–H groups in total. The van der Waals surface area contributed by atoms with Crippen LogP contribution in [0.3, 0.4) is 0 Å². The van der Waals surface area contributed by atoms with Crippen molar-refractivity contribution in [2.45, 2.75) is 69.8 Å². The third-order valence-electron chi connectivity index (χ3n) is 5.18. The summed E-state index contributed by atoms with van der Waals surface area (Å²) < 4.78 is 6.17. The lowest BCUT2D eigenvalue weighted by Crippen LogP contribution is -2.50. The van der Waals surface area contributed by atoms with Gasteiger partial charge in [0.25, 0.3) is 0 Å². The maximum absolute atomic E-state index is 6.39. The first kappa shape index (κ1) is 13.9. The van der Waals surface area contributed by atoms with Gasteiger partial charge in [-0.2, -0.15) is 0 Å². The minimum absolute atomic E-state index is 0.0502. The van der Waals surface area contributed by atoms with Gasteiger partial charge in [-0.3, -0.25) is 0 Å². The van der Waals surface area contributed by atoms with Crippen LogP contribution in [-0.2, 0) is 4.43 Å². The maximum atomic E-state index is 6.39. The molecule has 0 heterocycles. The standard InChI is InChI=1S/C14H27ClOSi/c15-11-14(16-17,12-7-3-1-4-8-12)13-9-5-2-6-10-13/h12-13H,1-11H2,17H3. The number of hydrogen-bond donors (Lipinski definition) is 0. The summed E-state index contributed by atoms with van der Waals surface area (Å²) >= 11 is 6.39. The molecular weight excluding hydrogens is 248 g/mol. The van der Waals surface area contributed by atoms with Crippen molar-refractivity contribution in [1.82, 2.24) is 0 Å². The predicted octanol–water partition coefficient (Wildman–Crippen LogP) is 3.42. The van der Waals surface area contributed by atoms with Gasteiger partial charge in [-0.1, -0.05) is 38.5 Å². The molecule has 0 aromatic rings. The molecule has 1 nitrogen and oxygen atoms in total. The summed E-state index contributed by atoms with van der Waals surface area (Å²) in [6, 6.07) is 0. The van der Waals surface area contributed by atoms with Crippen molar-refractivity contribution >= 4 is 22.1 Å². The number of hydrogen-bond acceptors (Lipinski definition) is 1. The Hall–Kier alpha value is 0.467. The van der Waals surface area contributed by atoms with Gasteiger partial charge < -0.3 is 4.43 Å². The van der Waals surface area contributed by atoms with Gasteiger partial charge in [-0.05, 0) is 37.5 Å². The van der Waals surface area contributed by atoms with Gasteiger partial charge in [0, 0.05) is 0 Å². The maximum Gasteiger partial charge on any atom is 0.146 e. The topological polar surface area (TPSA) is 9.23 Å². The van der Waals surface area contributed by atoms with E-state index in [0.29, 0.717) is 0 Å². The summed E-state index contributed by atoms with van der Waals surface area (Å²) in [6.07, 6.45) is 13.8. The number of halogens is 1. The third-order valence-corrected chi connectivity index (χ3v) is 6.36. The Kier molecular flexibility index (Phi) is 5.38. The Morgan fingerprint density at radius 2 is 1.29 bits per heavy atom.